The molecule has 1 amide bonds. The highest BCUT2D eigenvalue weighted by Gasteiger charge is 2.24. The van der Waals surface area contributed by atoms with Gasteiger partial charge in [0, 0.05) is 24.7 Å². The van der Waals surface area contributed by atoms with Crippen molar-refractivity contribution in [2.75, 3.05) is 23.9 Å². The van der Waals surface area contributed by atoms with Crippen molar-refractivity contribution >= 4 is 23.1 Å². The third-order valence-electron chi connectivity index (χ3n) is 3.68. The number of aromatic nitrogens is 1. The smallest absolute Gasteiger partial charge is 0.227 e. The molecule has 0 radical (unpaired) electrons. The van der Waals surface area contributed by atoms with Crippen LogP contribution < -0.4 is 15.0 Å². The molecule has 23 heavy (non-hydrogen) atoms. The van der Waals surface area contributed by atoms with Gasteiger partial charge in [-0.2, -0.15) is 5.26 Å². The number of ether oxygens (including phenoxy) is 1. The van der Waals surface area contributed by atoms with E-state index in [1.165, 1.54) is 0 Å². The molecule has 2 aromatic rings. The molecule has 6 heteroatoms. The third kappa shape index (κ3) is 3.09. The van der Waals surface area contributed by atoms with Gasteiger partial charge in [0.15, 0.2) is 0 Å². The fourth-order valence-corrected chi connectivity index (χ4v) is 2.60. The molecule has 1 fully saturated rings. The average molecular weight is 308 g/mol. The zero-order valence-electron chi connectivity index (χ0n) is 12.7. The van der Waals surface area contributed by atoms with E-state index in [-0.39, 0.29) is 5.91 Å². The van der Waals surface area contributed by atoms with Gasteiger partial charge in [0.2, 0.25) is 5.91 Å². The topological polar surface area (TPSA) is 78.2 Å². The second-order valence-electron chi connectivity index (χ2n) is 5.18. The van der Waals surface area contributed by atoms with E-state index in [0.717, 1.165) is 17.8 Å². The Kier molecular flexibility index (Phi) is 4.11. The van der Waals surface area contributed by atoms with E-state index in [4.69, 9.17) is 10.00 Å². The Bertz CT molecular complexity index is 782. The Morgan fingerprint density at radius 2 is 2.22 bits per heavy atom. The van der Waals surface area contributed by atoms with Gasteiger partial charge in [0.25, 0.3) is 0 Å². The van der Waals surface area contributed by atoms with E-state index >= 15 is 0 Å². The SMILES string of the molecule is COc1cc(Nc2cccc(C#N)n2)ccc1N1CCCC1=O. The Balaban J connectivity index is 1.87. The number of nitriles is 1. The van der Waals surface area contributed by atoms with Crippen LogP contribution in [0.25, 0.3) is 0 Å². The molecule has 116 valence electrons. The minimum atomic E-state index is 0.118. The van der Waals surface area contributed by atoms with Crippen molar-refractivity contribution in [1.29, 1.82) is 5.26 Å². The van der Waals surface area contributed by atoms with Crippen LogP contribution in [0, 0.1) is 11.3 Å². The quantitative estimate of drug-likeness (QED) is 0.939. The number of methoxy groups -OCH3 is 1. The molecule has 1 saturated heterocycles. The van der Waals surface area contributed by atoms with Crippen LogP contribution in [0.15, 0.2) is 36.4 Å². The van der Waals surface area contributed by atoms with Crippen LogP contribution in [0.3, 0.4) is 0 Å². The third-order valence-corrected chi connectivity index (χ3v) is 3.68. The summed E-state index contributed by atoms with van der Waals surface area (Å²) in [5.41, 5.74) is 1.90. The normalized spacial score (nSPS) is 13.7. The van der Waals surface area contributed by atoms with Crippen LogP contribution >= 0.6 is 0 Å². The fraction of sp³-hybridized carbons (Fsp3) is 0.235. The number of carbonyl (C=O) groups excluding carboxylic acids is 1. The fourth-order valence-electron chi connectivity index (χ4n) is 2.60. The summed E-state index contributed by atoms with van der Waals surface area (Å²) in [5.74, 6) is 1.32. The second-order valence-corrected chi connectivity index (χ2v) is 5.18. The van der Waals surface area contributed by atoms with Crippen LogP contribution in [-0.4, -0.2) is 24.5 Å². The van der Waals surface area contributed by atoms with Crippen molar-refractivity contribution in [3.8, 4) is 11.8 Å². The maximum atomic E-state index is 11.9. The van der Waals surface area contributed by atoms with Gasteiger partial charge < -0.3 is 15.0 Å². The summed E-state index contributed by atoms with van der Waals surface area (Å²) in [6, 6.07) is 12.7. The molecule has 6 nitrogen and oxygen atoms in total. The molecular formula is C17H16N4O2. The summed E-state index contributed by atoms with van der Waals surface area (Å²) < 4.78 is 5.42. The zero-order chi connectivity index (χ0) is 16.2. The predicted molar refractivity (Wildman–Crippen MR) is 86.8 cm³/mol. The van der Waals surface area contributed by atoms with Crippen molar-refractivity contribution in [2.45, 2.75) is 12.8 Å². The Hall–Kier alpha value is -3.07. The van der Waals surface area contributed by atoms with Crippen molar-refractivity contribution in [1.82, 2.24) is 4.98 Å². The largest absolute Gasteiger partial charge is 0.494 e. The molecule has 1 N–H and O–H groups in total. The molecule has 0 spiro atoms. The second kappa shape index (κ2) is 6.36. The van der Waals surface area contributed by atoms with E-state index in [0.29, 0.717) is 30.2 Å². The van der Waals surface area contributed by atoms with E-state index in [9.17, 15) is 4.79 Å². The van der Waals surface area contributed by atoms with Crippen LogP contribution in [0.4, 0.5) is 17.2 Å². The number of anilines is 3. The number of hydrogen-bond donors (Lipinski definition) is 1. The van der Waals surface area contributed by atoms with Gasteiger partial charge >= 0.3 is 0 Å². The minimum Gasteiger partial charge on any atom is -0.494 e. The van der Waals surface area contributed by atoms with E-state index in [2.05, 4.69) is 10.3 Å². The number of benzene rings is 1. The monoisotopic (exact) mass is 308 g/mol. The minimum absolute atomic E-state index is 0.118. The molecule has 0 atom stereocenters. The first-order valence-corrected chi connectivity index (χ1v) is 7.34. The molecule has 1 aromatic carbocycles. The van der Waals surface area contributed by atoms with Crippen molar-refractivity contribution in [3.63, 3.8) is 0 Å². The van der Waals surface area contributed by atoms with Gasteiger partial charge in [0.05, 0.1) is 12.8 Å². The Labute approximate surface area is 134 Å². The van der Waals surface area contributed by atoms with Gasteiger partial charge in [-0.25, -0.2) is 4.98 Å². The molecule has 1 aliphatic rings. The van der Waals surface area contributed by atoms with Gasteiger partial charge in [-0.05, 0) is 30.7 Å². The first kappa shape index (κ1) is 14.9. The number of carbonyl (C=O) groups is 1. The highest BCUT2D eigenvalue weighted by Crippen LogP contribution is 2.34. The van der Waals surface area contributed by atoms with Crippen LogP contribution in [0.1, 0.15) is 18.5 Å². The van der Waals surface area contributed by atoms with Crippen molar-refractivity contribution in [2.24, 2.45) is 0 Å². The predicted octanol–water partition coefficient (Wildman–Crippen LogP) is 2.83. The van der Waals surface area contributed by atoms with Gasteiger partial charge in [-0.1, -0.05) is 6.07 Å². The Morgan fingerprint density at radius 1 is 1.35 bits per heavy atom. The molecule has 0 aliphatic carbocycles. The molecule has 2 heterocycles. The lowest BCUT2D eigenvalue weighted by Crippen LogP contribution is -2.24. The summed E-state index contributed by atoms with van der Waals surface area (Å²) in [6.07, 6.45) is 1.45. The number of nitrogens with one attached hydrogen (secondary N) is 1. The lowest BCUT2D eigenvalue weighted by molar-refractivity contribution is -0.117. The van der Waals surface area contributed by atoms with Crippen LogP contribution in [0.5, 0.6) is 5.75 Å². The highest BCUT2D eigenvalue weighted by atomic mass is 16.5. The summed E-state index contributed by atoms with van der Waals surface area (Å²) in [6.45, 7) is 0.716. The van der Waals surface area contributed by atoms with E-state index < -0.39 is 0 Å². The van der Waals surface area contributed by atoms with Gasteiger partial charge in [-0.15, -0.1) is 0 Å². The molecule has 0 bridgehead atoms. The standard InChI is InChI=1S/C17H16N4O2/c1-23-15-10-12(19-16-5-2-4-13(11-18)20-16)7-8-14(15)21-9-3-6-17(21)22/h2,4-5,7-8,10H,3,6,9H2,1H3,(H,19,20). The molecule has 0 saturated carbocycles. The van der Waals surface area contributed by atoms with Crippen LogP contribution in [0.2, 0.25) is 0 Å². The average Bonchev–Trinajstić information content (AvgIpc) is 3.01. The first-order chi connectivity index (χ1) is 11.2. The van der Waals surface area contributed by atoms with Gasteiger partial charge in [0.1, 0.15) is 23.3 Å². The Morgan fingerprint density at radius 3 is 2.91 bits per heavy atom. The van der Waals surface area contributed by atoms with E-state index in [1.54, 1.807) is 30.2 Å². The summed E-state index contributed by atoms with van der Waals surface area (Å²) in [7, 11) is 1.58. The summed E-state index contributed by atoms with van der Waals surface area (Å²) in [5, 5.41) is 12.0. The molecule has 3 rings (SSSR count). The zero-order valence-corrected chi connectivity index (χ0v) is 12.7. The molecule has 1 aliphatic heterocycles. The maximum absolute atomic E-state index is 11.9. The summed E-state index contributed by atoms with van der Waals surface area (Å²) >= 11 is 0. The molecule has 1 aromatic heterocycles. The first-order valence-electron chi connectivity index (χ1n) is 7.34. The van der Waals surface area contributed by atoms with Crippen molar-refractivity contribution in [3.05, 3.63) is 42.1 Å². The number of rotatable bonds is 4. The highest BCUT2D eigenvalue weighted by molar-refractivity contribution is 5.97. The van der Waals surface area contributed by atoms with E-state index in [1.807, 2.05) is 24.3 Å². The number of pyridine rings is 1. The lowest BCUT2D eigenvalue weighted by Gasteiger charge is -2.19. The summed E-state index contributed by atoms with van der Waals surface area (Å²) in [4.78, 5) is 17.8. The molecular weight excluding hydrogens is 292 g/mol. The number of nitrogens with zero attached hydrogens (tertiary/aromatic N) is 3. The van der Waals surface area contributed by atoms with Gasteiger partial charge in [-0.3, -0.25) is 4.79 Å². The lowest BCUT2D eigenvalue weighted by atomic mass is 10.2. The number of amides is 1. The number of hydrogen-bond acceptors (Lipinski definition) is 5. The molecule has 0 unspecified atom stereocenters. The van der Waals surface area contributed by atoms with Crippen LogP contribution in [-0.2, 0) is 4.79 Å². The van der Waals surface area contributed by atoms with Crippen molar-refractivity contribution < 1.29 is 9.53 Å². The maximum Gasteiger partial charge on any atom is 0.227 e.